The molecule has 0 atom stereocenters. The maximum absolute atomic E-state index is 12.3. The Morgan fingerprint density at radius 1 is 1.36 bits per heavy atom. The van der Waals surface area contributed by atoms with Crippen molar-refractivity contribution in [3.8, 4) is 11.8 Å². The van der Waals surface area contributed by atoms with Gasteiger partial charge in [0.15, 0.2) is 0 Å². The first-order valence-corrected chi connectivity index (χ1v) is 9.02. The first kappa shape index (κ1) is 19.3. The van der Waals surface area contributed by atoms with Crippen LogP contribution in [0.3, 0.4) is 0 Å². The van der Waals surface area contributed by atoms with E-state index in [-0.39, 0.29) is 5.57 Å². The molecule has 0 unspecified atom stereocenters. The molecule has 0 aliphatic heterocycles. The summed E-state index contributed by atoms with van der Waals surface area (Å²) in [6, 6.07) is 12.6. The minimum absolute atomic E-state index is 0.0108. The second-order valence-electron chi connectivity index (χ2n) is 5.21. The predicted octanol–water partition coefficient (Wildman–Crippen LogP) is 5.20. The summed E-state index contributed by atoms with van der Waals surface area (Å²) in [5, 5.41) is 12.6. The average molecular weight is 467 g/mol. The highest BCUT2D eigenvalue weighted by Crippen LogP contribution is 2.24. The van der Waals surface area contributed by atoms with Crippen LogP contribution in [0.25, 0.3) is 6.08 Å². The van der Waals surface area contributed by atoms with Gasteiger partial charge in [0.1, 0.15) is 17.4 Å². The molecule has 2 aromatic carbocycles. The zero-order chi connectivity index (χ0) is 18.4. The number of carbonyl (C=O) groups excluding carboxylic acids is 1. The SMILES string of the molecule is CCOc1ccc(/C=C(/C#N)C(=O)Nc2ccc(C)c(Cl)c2)cc1I. The molecular formula is C19H16ClIN2O2. The van der Waals surface area contributed by atoms with Crippen molar-refractivity contribution in [1.82, 2.24) is 0 Å². The fraction of sp³-hybridized carbons (Fsp3) is 0.158. The molecule has 0 bridgehead atoms. The topological polar surface area (TPSA) is 62.1 Å². The molecule has 0 saturated heterocycles. The monoisotopic (exact) mass is 466 g/mol. The summed E-state index contributed by atoms with van der Waals surface area (Å²) in [6.07, 6.45) is 1.54. The number of nitrogens with one attached hydrogen (secondary N) is 1. The summed E-state index contributed by atoms with van der Waals surface area (Å²) in [5.74, 6) is 0.295. The molecule has 1 N–H and O–H groups in total. The number of carbonyl (C=O) groups is 1. The predicted molar refractivity (Wildman–Crippen MR) is 109 cm³/mol. The van der Waals surface area contributed by atoms with E-state index in [2.05, 4.69) is 27.9 Å². The van der Waals surface area contributed by atoms with E-state index in [1.54, 1.807) is 24.3 Å². The molecule has 0 aromatic heterocycles. The standard InChI is InChI=1S/C19H16ClIN2O2/c1-3-25-18-7-5-13(9-17(18)21)8-14(11-22)19(24)23-15-6-4-12(2)16(20)10-15/h4-10H,3H2,1-2H3,(H,23,24)/b14-8-. The molecule has 4 nitrogen and oxygen atoms in total. The molecule has 128 valence electrons. The van der Waals surface area contributed by atoms with Gasteiger partial charge >= 0.3 is 0 Å². The van der Waals surface area contributed by atoms with E-state index in [1.165, 1.54) is 0 Å². The molecular weight excluding hydrogens is 451 g/mol. The lowest BCUT2D eigenvalue weighted by atomic mass is 10.1. The first-order chi connectivity index (χ1) is 11.9. The third-order valence-electron chi connectivity index (χ3n) is 3.36. The van der Waals surface area contributed by atoms with Gasteiger partial charge in [-0.2, -0.15) is 5.26 Å². The van der Waals surface area contributed by atoms with Crippen molar-refractivity contribution in [2.24, 2.45) is 0 Å². The van der Waals surface area contributed by atoms with Gasteiger partial charge in [0.05, 0.1) is 10.2 Å². The van der Waals surface area contributed by atoms with Crippen molar-refractivity contribution in [2.75, 3.05) is 11.9 Å². The van der Waals surface area contributed by atoms with Gasteiger partial charge in [0.25, 0.3) is 5.91 Å². The zero-order valence-corrected chi connectivity index (χ0v) is 16.7. The second-order valence-corrected chi connectivity index (χ2v) is 6.78. The van der Waals surface area contributed by atoms with Crippen LogP contribution < -0.4 is 10.1 Å². The molecule has 0 aliphatic carbocycles. The number of aryl methyl sites for hydroxylation is 1. The fourth-order valence-electron chi connectivity index (χ4n) is 2.06. The molecule has 6 heteroatoms. The van der Waals surface area contributed by atoms with Crippen molar-refractivity contribution in [3.63, 3.8) is 0 Å². The number of hydrogen-bond donors (Lipinski definition) is 1. The van der Waals surface area contributed by atoms with Gasteiger partial charge in [-0.25, -0.2) is 0 Å². The summed E-state index contributed by atoms with van der Waals surface area (Å²) in [7, 11) is 0. The van der Waals surface area contributed by atoms with Crippen LogP contribution in [-0.2, 0) is 4.79 Å². The van der Waals surface area contributed by atoms with Gasteiger partial charge in [-0.1, -0.05) is 23.7 Å². The lowest BCUT2D eigenvalue weighted by molar-refractivity contribution is -0.112. The smallest absolute Gasteiger partial charge is 0.266 e. The van der Waals surface area contributed by atoms with Crippen LogP contribution in [0.4, 0.5) is 5.69 Å². The second kappa shape index (κ2) is 8.88. The highest BCUT2D eigenvalue weighted by atomic mass is 127. The normalized spacial score (nSPS) is 10.9. The van der Waals surface area contributed by atoms with E-state index in [9.17, 15) is 10.1 Å². The molecule has 25 heavy (non-hydrogen) atoms. The Kier molecular flexibility index (Phi) is 6.85. The first-order valence-electron chi connectivity index (χ1n) is 7.56. The summed E-state index contributed by atoms with van der Waals surface area (Å²) in [5.41, 5.74) is 2.22. The van der Waals surface area contributed by atoms with Crippen LogP contribution in [0.1, 0.15) is 18.1 Å². The fourth-order valence-corrected chi connectivity index (χ4v) is 2.94. The van der Waals surface area contributed by atoms with Gasteiger partial charge in [0, 0.05) is 10.7 Å². The molecule has 0 heterocycles. The van der Waals surface area contributed by atoms with E-state index >= 15 is 0 Å². The highest BCUT2D eigenvalue weighted by Gasteiger charge is 2.11. The van der Waals surface area contributed by atoms with Crippen molar-refractivity contribution >= 4 is 51.9 Å². The molecule has 2 aromatic rings. The van der Waals surface area contributed by atoms with E-state index in [0.717, 1.165) is 20.4 Å². The molecule has 0 saturated carbocycles. The molecule has 0 aliphatic rings. The van der Waals surface area contributed by atoms with E-state index < -0.39 is 5.91 Å². The van der Waals surface area contributed by atoms with Crippen molar-refractivity contribution < 1.29 is 9.53 Å². The number of amides is 1. The number of ether oxygens (including phenoxy) is 1. The van der Waals surface area contributed by atoms with Crippen molar-refractivity contribution in [2.45, 2.75) is 13.8 Å². The number of halogens is 2. The number of rotatable bonds is 5. The Labute approximate surface area is 165 Å². The van der Waals surface area contributed by atoms with Crippen LogP contribution in [0.5, 0.6) is 5.75 Å². The lowest BCUT2D eigenvalue weighted by Crippen LogP contribution is -2.13. The molecule has 0 radical (unpaired) electrons. The maximum atomic E-state index is 12.3. The third kappa shape index (κ3) is 5.21. The number of anilines is 1. The third-order valence-corrected chi connectivity index (χ3v) is 4.61. The molecule has 1 amide bonds. The lowest BCUT2D eigenvalue weighted by Gasteiger charge is -2.08. The van der Waals surface area contributed by atoms with E-state index in [4.69, 9.17) is 16.3 Å². The summed E-state index contributed by atoms with van der Waals surface area (Å²) in [4.78, 5) is 12.3. The quantitative estimate of drug-likeness (QED) is 0.374. The Morgan fingerprint density at radius 2 is 2.12 bits per heavy atom. The van der Waals surface area contributed by atoms with Gasteiger partial charge in [-0.15, -0.1) is 0 Å². The number of nitrogens with zero attached hydrogens (tertiary/aromatic N) is 1. The largest absolute Gasteiger partial charge is 0.493 e. The van der Waals surface area contributed by atoms with Crippen LogP contribution >= 0.6 is 34.2 Å². The van der Waals surface area contributed by atoms with Crippen molar-refractivity contribution in [3.05, 3.63) is 61.7 Å². The summed E-state index contributed by atoms with van der Waals surface area (Å²) in [6.45, 7) is 4.37. The Hall–Kier alpha value is -2.04. The average Bonchev–Trinajstić information content (AvgIpc) is 2.58. The van der Waals surface area contributed by atoms with Gasteiger partial charge in [-0.3, -0.25) is 4.79 Å². The Bertz CT molecular complexity index is 872. The van der Waals surface area contributed by atoms with Crippen molar-refractivity contribution in [1.29, 1.82) is 5.26 Å². The number of hydrogen-bond acceptors (Lipinski definition) is 3. The minimum atomic E-state index is -0.480. The molecule has 2 rings (SSSR count). The Balaban J connectivity index is 2.21. The van der Waals surface area contributed by atoms with Crippen LogP contribution in [0, 0.1) is 21.8 Å². The van der Waals surface area contributed by atoms with Crippen LogP contribution in [0.15, 0.2) is 42.0 Å². The summed E-state index contributed by atoms with van der Waals surface area (Å²) < 4.78 is 6.40. The van der Waals surface area contributed by atoms with Crippen LogP contribution in [-0.4, -0.2) is 12.5 Å². The van der Waals surface area contributed by atoms with Gasteiger partial charge in [0.2, 0.25) is 0 Å². The Morgan fingerprint density at radius 3 is 2.72 bits per heavy atom. The highest BCUT2D eigenvalue weighted by molar-refractivity contribution is 14.1. The summed E-state index contributed by atoms with van der Waals surface area (Å²) >= 11 is 8.21. The van der Waals surface area contributed by atoms with Crippen LogP contribution in [0.2, 0.25) is 5.02 Å². The van der Waals surface area contributed by atoms with E-state index in [1.807, 2.05) is 38.1 Å². The van der Waals surface area contributed by atoms with E-state index in [0.29, 0.717) is 17.3 Å². The van der Waals surface area contributed by atoms with Gasteiger partial charge < -0.3 is 10.1 Å². The number of benzene rings is 2. The number of nitriles is 1. The maximum Gasteiger partial charge on any atom is 0.266 e. The molecule has 0 fully saturated rings. The minimum Gasteiger partial charge on any atom is -0.493 e. The van der Waals surface area contributed by atoms with Gasteiger partial charge in [-0.05, 0) is 77.9 Å². The zero-order valence-electron chi connectivity index (χ0n) is 13.8. The molecule has 0 spiro atoms.